The zero-order valence-electron chi connectivity index (χ0n) is 33.4. The van der Waals surface area contributed by atoms with Crippen molar-refractivity contribution < 1.29 is 42.9 Å². The zero-order chi connectivity index (χ0) is 42.7. The SMILES string of the molecule is O=C(OC[C@H]1OC([P+](c2ccccc2)(c2ccccc2)c2ccccc2)[C@H](OC(=O)c2ccccc2)[C@@H](OC(=O)c2ccccc2)[C@@H]1OC(=O)c1ccccc1)c1ccccc1. The summed E-state index contributed by atoms with van der Waals surface area (Å²) in [6.07, 6.45) is -5.69. The summed E-state index contributed by atoms with van der Waals surface area (Å²) in [5.41, 5.74) is 0.942. The van der Waals surface area contributed by atoms with Crippen molar-refractivity contribution in [2.24, 2.45) is 0 Å². The van der Waals surface area contributed by atoms with Gasteiger partial charge in [0, 0.05) is 0 Å². The molecule has 0 radical (unpaired) electrons. The van der Waals surface area contributed by atoms with Crippen LogP contribution in [0.1, 0.15) is 41.4 Å². The van der Waals surface area contributed by atoms with E-state index in [9.17, 15) is 19.2 Å². The molecule has 0 aromatic heterocycles. The first-order valence-corrected chi connectivity index (χ1v) is 22.0. The molecule has 10 heteroatoms. The Kier molecular flexibility index (Phi) is 13.0. The lowest BCUT2D eigenvalue weighted by molar-refractivity contribution is -0.208. The van der Waals surface area contributed by atoms with Crippen LogP contribution < -0.4 is 15.9 Å². The van der Waals surface area contributed by atoms with E-state index in [1.807, 2.05) is 91.0 Å². The Morgan fingerprint density at radius 2 is 0.661 bits per heavy atom. The average Bonchev–Trinajstić information content (AvgIpc) is 3.34. The maximum atomic E-state index is 14.5. The molecule has 8 rings (SSSR count). The summed E-state index contributed by atoms with van der Waals surface area (Å²) in [6, 6.07) is 63.0. The number of rotatable bonds is 13. The first kappa shape index (κ1) is 41.5. The van der Waals surface area contributed by atoms with Gasteiger partial charge in [0.1, 0.15) is 35.9 Å². The highest BCUT2D eigenvalue weighted by Gasteiger charge is 2.66. The molecular weight excluding hydrogens is 800 g/mol. The highest BCUT2D eigenvalue weighted by Crippen LogP contribution is 2.63. The van der Waals surface area contributed by atoms with Crippen LogP contribution >= 0.6 is 7.26 Å². The van der Waals surface area contributed by atoms with E-state index in [1.165, 1.54) is 0 Å². The molecule has 1 aliphatic rings. The fourth-order valence-electron chi connectivity index (χ4n) is 7.73. The van der Waals surface area contributed by atoms with Crippen molar-refractivity contribution in [3.63, 3.8) is 0 Å². The van der Waals surface area contributed by atoms with Crippen molar-refractivity contribution in [1.29, 1.82) is 0 Å². The van der Waals surface area contributed by atoms with E-state index in [0.29, 0.717) is 5.56 Å². The summed E-state index contributed by atoms with van der Waals surface area (Å²) in [7, 11) is -3.22. The Labute approximate surface area is 360 Å². The second-order valence-corrected chi connectivity index (χ2v) is 18.0. The van der Waals surface area contributed by atoms with E-state index in [-0.39, 0.29) is 16.7 Å². The van der Waals surface area contributed by atoms with E-state index >= 15 is 0 Å². The van der Waals surface area contributed by atoms with Crippen molar-refractivity contribution >= 4 is 47.1 Å². The molecule has 1 fully saturated rings. The van der Waals surface area contributed by atoms with Gasteiger partial charge >= 0.3 is 23.9 Å². The molecule has 1 saturated heterocycles. The van der Waals surface area contributed by atoms with Gasteiger partial charge in [0.05, 0.1) is 22.3 Å². The van der Waals surface area contributed by atoms with Gasteiger partial charge in [-0.15, -0.1) is 0 Å². The minimum Gasteiger partial charge on any atom is -0.459 e. The highest BCUT2D eigenvalue weighted by atomic mass is 31.2. The van der Waals surface area contributed by atoms with Crippen LogP contribution in [0.3, 0.4) is 0 Å². The van der Waals surface area contributed by atoms with Crippen LogP contribution in [-0.4, -0.2) is 60.7 Å². The van der Waals surface area contributed by atoms with Gasteiger partial charge in [-0.2, -0.15) is 0 Å². The molecule has 0 amide bonds. The second kappa shape index (κ2) is 19.5. The van der Waals surface area contributed by atoms with Gasteiger partial charge in [-0.05, 0) is 84.9 Å². The molecule has 0 spiro atoms. The predicted octanol–water partition coefficient (Wildman–Crippen LogP) is 8.24. The second-order valence-electron chi connectivity index (χ2n) is 14.5. The lowest BCUT2D eigenvalue weighted by atomic mass is 9.98. The van der Waals surface area contributed by atoms with Gasteiger partial charge in [-0.1, -0.05) is 127 Å². The molecule has 1 heterocycles. The number of hydrogen-bond donors (Lipinski definition) is 0. The van der Waals surface area contributed by atoms with E-state index in [2.05, 4.69) is 0 Å². The lowest BCUT2D eigenvalue weighted by Crippen LogP contribution is -2.65. The molecule has 0 saturated carbocycles. The van der Waals surface area contributed by atoms with Crippen LogP contribution in [0.25, 0.3) is 0 Å². The summed E-state index contributed by atoms with van der Waals surface area (Å²) < 4.78 is 32.9. The molecule has 62 heavy (non-hydrogen) atoms. The van der Waals surface area contributed by atoms with Crippen LogP contribution in [0.2, 0.25) is 0 Å². The van der Waals surface area contributed by atoms with Gasteiger partial charge in [-0.25, -0.2) is 19.2 Å². The number of benzene rings is 7. The molecule has 7 aromatic carbocycles. The largest absolute Gasteiger partial charge is 0.459 e. The summed E-state index contributed by atoms with van der Waals surface area (Å²) >= 11 is 0. The number of carbonyl (C=O) groups excluding carboxylic acids is 4. The third-order valence-corrected chi connectivity index (χ3v) is 15.1. The Morgan fingerprint density at radius 1 is 0.371 bits per heavy atom. The maximum Gasteiger partial charge on any atom is 0.338 e. The topological polar surface area (TPSA) is 114 Å². The summed E-state index contributed by atoms with van der Waals surface area (Å²) in [5, 5.41) is 2.57. The molecule has 7 aromatic rings. The normalized spacial score (nSPS) is 18.4. The zero-order valence-corrected chi connectivity index (χ0v) is 34.3. The van der Waals surface area contributed by atoms with Gasteiger partial charge in [-0.3, -0.25) is 0 Å². The molecular formula is C52H42O9P+. The molecule has 1 unspecified atom stereocenters. The minimum absolute atomic E-state index is 0.208. The lowest BCUT2D eigenvalue weighted by Gasteiger charge is -2.47. The fraction of sp³-hybridized carbons (Fsp3) is 0.115. The van der Waals surface area contributed by atoms with Crippen LogP contribution in [0, 0.1) is 0 Å². The highest BCUT2D eigenvalue weighted by molar-refractivity contribution is 7.96. The number of esters is 4. The number of ether oxygens (including phenoxy) is 5. The Balaban J connectivity index is 1.37. The van der Waals surface area contributed by atoms with E-state index in [1.54, 1.807) is 121 Å². The molecule has 1 aliphatic heterocycles. The average molecular weight is 842 g/mol. The van der Waals surface area contributed by atoms with Crippen LogP contribution in [0.5, 0.6) is 0 Å². The summed E-state index contributed by atoms with van der Waals surface area (Å²) in [5.74, 6) is -4.03. The van der Waals surface area contributed by atoms with Crippen molar-refractivity contribution in [2.45, 2.75) is 30.3 Å². The molecule has 9 nitrogen and oxygen atoms in total. The minimum atomic E-state index is -3.22. The number of carbonyl (C=O) groups is 4. The van der Waals surface area contributed by atoms with E-state index in [0.717, 1.165) is 15.9 Å². The number of hydrogen-bond acceptors (Lipinski definition) is 9. The van der Waals surface area contributed by atoms with Gasteiger partial charge in [0.25, 0.3) is 0 Å². The van der Waals surface area contributed by atoms with Crippen LogP contribution in [-0.2, 0) is 23.7 Å². The quantitative estimate of drug-likeness (QED) is 0.0644. The first-order valence-electron chi connectivity index (χ1n) is 20.1. The van der Waals surface area contributed by atoms with E-state index in [4.69, 9.17) is 23.7 Å². The van der Waals surface area contributed by atoms with Crippen molar-refractivity contribution in [1.82, 2.24) is 0 Å². The molecule has 0 bridgehead atoms. The van der Waals surface area contributed by atoms with Gasteiger partial charge < -0.3 is 23.7 Å². The monoisotopic (exact) mass is 841 g/mol. The smallest absolute Gasteiger partial charge is 0.338 e. The van der Waals surface area contributed by atoms with Gasteiger partial charge in [0.2, 0.25) is 11.9 Å². The Hall–Kier alpha value is -7.19. The van der Waals surface area contributed by atoms with Crippen molar-refractivity contribution in [2.75, 3.05) is 6.61 Å². The predicted molar refractivity (Wildman–Crippen MR) is 237 cm³/mol. The van der Waals surface area contributed by atoms with Gasteiger partial charge in [0.15, 0.2) is 12.2 Å². The summed E-state index contributed by atoms with van der Waals surface area (Å²) in [6.45, 7) is -0.436. The van der Waals surface area contributed by atoms with Crippen LogP contribution in [0.4, 0.5) is 0 Å². The van der Waals surface area contributed by atoms with Crippen LogP contribution in [0.15, 0.2) is 212 Å². The van der Waals surface area contributed by atoms with E-state index < -0.39 is 68.0 Å². The Morgan fingerprint density at radius 3 is 1.02 bits per heavy atom. The molecule has 0 aliphatic carbocycles. The van der Waals surface area contributed by atoms with Crippen molar-refractivity contribution in [3.05, 3.63) is 235 Å². The maximum absolute atomic E-state index is 14.5. The fourth-order valence-corrected chi connectivity index (χ4v) is 12.4. The third kappa shape index (κ3) is 8.96. The molecule has 0 N–H and O–H groups in total. The molecule has 308 valence electrons. The van der Waals surface area contributed by atoms with Crippen molar-refractivity contribution in [3.8, 4) is 0 Å². The third-order valence-electron chi connectivity index (χ3n) is 10.6. The Bertz CT molecular complexity index is 2470. The standard InChI is InChI=1S/C52H42O9P/c53-48(37-22-8-1-9-23-37)57-36-44-45(59-49(54)38-24-10-2-11-25-38)46(60-50(55)39-26-12-3-13-27-39)47(61-51(56)40-28-14-4-15-29-40)52(58-44)62(41-30-16-5-17-31-41,42-32-18-6-19-33-42)43-34-20-7-21-35-43/h1-35,44-47,52H,36H2/q+1/t44-,45-,46+,47-,52?/m1/s1. The molecule has 5 atom stereocenters. The first-order chi connectivity index (χ1) is 30.4. The summed E-state index contributed by atoms with van der Waals surface area (Å²) in [4.78, 5) is 56.8.